The first-order valence-corrected chi connectivity index (χ1v) is 7.93. The van der Waals surface area contributed by atoms with Crippen molar-refractivity contribution in [1.29, 1.82) is 0 Å². The van der Waals surface area contributed by atoms with Gasteiger partial charge in [-0.15, -0.1) is 0 Å². The number of nitrogens with zero attached hydrogens (tertiary/aromatic N) is 1. The number of piperidine rings is 1. The second-order valence-electron chi connectivity index (χ2n) is 5.79. The van der Waals surface area contributed by atoms with Gasteiger partial charge in [0.05, 0.1) is 6.04 Å². The fourth-order valence-corrected chi connectivity index (χ4v) is 2.98. The van der Waals surface area contributed by atoms with Crippen LogP contribution in [0, 0.1) is 0 Å². The molecule has 1 aromatic rings. The van der Waals surface area contributed by atoms with E-state index in [2.05, 4.69) is 33.0 Å². The Labute approximate surface area is 126 Å². The minimum atomic E-state index is -0.138. The highest BCUT2D eigenvalue weighted by Crippen LogP contribution is 2.21. The minimum absolute atomic E-state index is 0.0351. The summed E-state index contributed by atoms with van der Waals surface area (Å²) in [4.78, 5) is 14.5. The second kappa shape index (κ2) is 6.91. The van der Waals surface area contributed by atoms with Gasteiger partial charge in [-0.3, -0.25) is 4.79 Å². The average molecular weight is 288 g/mol. The molecule has 1 amide bonds. The van der Waals surface area contributed by atoms with Crippen molar-refractivity contribution in [2.45, 2.75) is 25.3 Å². The molecule has 1 atom stereocenters. The molecule has 0 spiro atoms. The molecule has 2 aliphatic rings. The summed E-state index contributed by atoms with van der Waals surface area (Å²) >= 11 is 0. The maximum atomic E-state index is 12.1. The molecule has 3 N–H and O–H groups in total. The predicted octanol–water partition coefficient (Wildman–Crippen LogP) is 1.18. The van der Waals surface area contributed by atoms with Crippen LogP contribution in [0.2, 0.25) is 0 Å². The number of carbonyl (C=O) groups excluding carboxylic acids is 1. The highest BCUT2D eigenvalue weighted by molar-refractivity contribution is 5.95. The summed E-state index contributed by atoms with van der Waals surface area (Å²) in [6.45, 7) is 4.74. The van der Waals surface area contributed by atoms with Gasteiger partial charge in [-0.05, 0) is 43.5 Å². The largest absolute Gasteiger partial charge is 0.372 e. The zero-order chi connectivity index (χ0) is 14.5. The molecular weight excluding hydrogens is 264 g/mol. The Hall–Kier alpha value is -1.59. The standard InChI is InChI=1S/C16H24N4O/c21-16(15-12-17-8-9-18-15)19-13-4-6-14(7-5-13)20-10-2-1-3-11-20/h4-7,15,17-18H,1-3,8-12H2,(H,19,21). The number of hydrogen-bond acceptors (Lipinski definition) is 4. The van der Waals surface area contributed by atoms with Crippen molar-refractivity contribution < 1.29 is 4.79 Å². The maximum Gasteiger partial charge on any atom is 0.242 e. The summed E-state index contributed by atoms with van der Waals surface area (Å²) in [6.07, 6.45) is 3.89. The Morgan fingerprint density at radius 1 is 1.10 bits per heavy atom. The molecule has 0 aliphatic carbocycles. The molecule has 0 radical (unpaired) electrons. The minimum Gasteiger partial charge on any atom is -0.372 e. The molecule has 0 bridgehead atoms. The van der Waals surface area contributed by atoms with E-state index in [0.29, 0.717) is 6.54 Å². The highest BCUT2D eigenvalue weighted by Gasteiger charge is 2.20. The van der Waals surface area contributed by atoms with E-state index in [-0.39, 0.29) is 11.9 Å². The van der Waals surface area contributed by atoms with Gasteiger partial charge in [0.25, 0.3) is 0 Å². The van der Waals surface area contributed by atoms with Gasteiger partial charge in [0.15, 0.2) is 0 Å². The van der Waals surface area contributed by atoms with Gasteiger partial charge in [0.1, 0.15) is 0 Å². The average Bonchev–Trinajstić information content (AvgIpc) is 2.57. The van der Waals surface area contributed by atoms with Gasteiger partial charge in [0, 0.05) is 44.1 Å². The first-order valence-electron chi connectivity index (χ1n) is 7.93. The third kappa shape index (κ3) is 3.74. The molecule has 2 aliphatic heterocycles. The lowest BCUT2D eigenvalue weighted by molar-refractivity contribution is -0.118. The van der Waals surface area contributed by atoms with Crippen LogP contribution < -0.4 is 20.9 Å². The smallest absolute Gasteiger partial charge is 0.242 e. The van der Waals surface area contributed by atoms with Crippen molar-refractivity contribution in [1.82, 2.24) is 10.6 Å². The van der Waals surface area contributed by atoms with Gasteiger partial charge in [-0.25, -0.2) is 0 Å². The Kier molecular flexibility index (Phi) is 4.72. The molecule has 5 nitrogen and oxygen atoms in total. The van der Waals surface area contributed by atoms with Crippen LogP contribution in [0.15, 0.2) is 24.3 Å². The van der Waals surface area contributed by atoms with Gasteiger partial charge in [0.2, 0.25) is 5.91 Å². The van der Waals surface area contributed by atoms with E-state index >= 15 is 0 Å². The summed E-state index contributed by atoms with van der Waals surface area (Å²) < 4.78 is 0. The monoisotopic (exact) mass is 288 g/mol. The van der Waals surface area contributed by atoms with Crippen LogP contribution in [-0.4, -0.2) is 44.7 Å². The van der Waals surface area contributed by atoms with E-state index in [1.807, 2.05) is 12.1 Å². The molecule has 21 heavy (non-hydrogen) atoms. The normalized spacial score (nSPS) is 22.9. The first-order chi connectivity index (χ1) is 10.3. The molecule has 1 aromatic carbocycles. The summed E-state index contributed by atoms with van der Waals surface area (Å²) in [7, 11) is 0. The molecule has 0 saturated carbocycles. The van der Waals surface area contributed by atoms with Crippen molar-refractivity contribution in [2.75, 3.05) is 42.9 Å². The Balaban J connectivity index is 1.57. The van der Waals surface area contributed by atoms with E-state index in [4.69, 9.17) is 0 Å². The molecule has 2 saturated heterocycles. The SMILES string of the molecule is O=C(Nc1ccc(N2CCCCC2)cc1)C1CNCCN1. The summed E-state index contributed by atoms with van der Waals surface area (Å²) in [5, 5.41) is 9.42. The van der Waals surface area contributed by atoms with Crippen LogP contribution in [0.25, 0.3) is 0 Å². The lowest BCUT2D eigenvalue weighted by atomic mass is 10.1. The van der Waals surface area contributed by atoms with Crippen molar-refractivity contribution in [3.05, 3.63) is 24.3 Å². The lowest BCUT2D eigenvalue weighted by Crippen LogP contribution is -2.54. The highest BCUT2D eigenvalue weighted by atomic mass is 16.2. The van der Waals surface area contributed by atoms with Gasteiger partial charge in [-0.1, -0.05) is 0 Å². The zero-order valence-corrected chi connectivity index (χ0v) is 12.4. The Morgan fingerprint density at radius 2 is 1.86 bits per heavy atom. The fourth-order valence-electron chi connectivity index (χ4n) is 2.98. The molecule has 114 valence electrons. The molecule has 0 aromatic heterocycles. The molecule has 5 heteroatoms. The molecule has 2 heterocycles. The fraction of sp³-hybridized carbons (Fsp3) is 0.562. The van der Waals surface area contributed by atoms with Crippen LogP contribution in [0.3, 0.4) is 0 Å². The van der Waals surface area contributed by atoms with Crippen LogP contribution in [0.1, 0.15) is 19.3 Å². The number of piperazine rings is 1. The maximum absolute atomic E-state index is 12.1. The molecule has 3 rings (SSSR count). The first kappa shape index (κ1) is 14.4. The third-order valence-corrected chi connectivity index (χ3v) is 4.21. The van der Waals surface area contributed by atoms with E-state index < -0.39 is 0 Å². The number of rotatable bonds is 3. The summed E-state index contributed by atoms with van der Waals surface area (Å²) in [6, 6.07) is 8.07. The number of hydrogen-bond donors (Lipinski definition) is 3. The second-order valence-corrected chi connectivity index (χ2v) is 5.79. The predicted molar refractivity (Wildman–Crippen MR) is 85.8 cm³/mol. The summed E-state index contributed by atoms with van der Waals surface area (Å²) in [5.41, 5.74) is 2.12. The van der Waals surface area contributed by atoms with Gasteiger partial charge < -0.3 is 20.9 Å². The Morgan fingerprint density at radius 3 is 2.52 bits per heavy atom. The number of anilines is 2. The third-order valence-electron chi connectivity index (χ3n) is 4.21. The molecular formula is C16H24N4O. The number of benzene rings is 1. The van der Waals surface area contributed by atoms with Gasteiger partial charge in [-0.2, -0.15) is 0 Å². The van der Waals surface area contributed by atoms with Crippen LogP contribution >= 0.6 is 0 Å². The van der Waals surface area contributed by atoms with Crippen molar-refractivity contribution in [3.8, 4) is 0 Å². The lowest BCUT2D eigenvalue weighted by Gasteiger charge is -2.29. The topological polar surface area (TPSA) is 56.4 Å². The molecule has 2 fully saturated rings. The van der Waals surface area contributed by atoms with Crippen LogP contribution in [0.4, 0.5) is 11.4 Å². The molecule has 1 unspecified atom stereocenters. The van der Waals surface area contributed by atoms with E-state index in [9.17, 15) is 4.79 Å². The van der Waals surface area contributed by atoms with E-state index in [1.165, 1.54) is 24.9 Å². The van der Waals surface area contributed by atoms with E-state index in [1.54, 1.807) is 0 Å². The van der Waals surface area contributed by atoms with Crippen molar-refractivity contribution in [2.24, 2.45) is 0 Å². The number of carbonyl (C=O) groups is 1. The summed E-state index contributed by atoms with van der Waals surface area (Å²) in [5.74, 6) is 0.0351. The van der Waals surface area contributed by atoms with E-state index in [0.717, 1.165) is 31.9 Å². The number of nitrogens with one attached hydrogen (secondary N) is 3. The Bertz CT molecular complexity index is 462. The van der Waals surface area contributed by atoms with Gasteiger partial charge >= 0.3 is 0 Å². The van der Waals surface area contributed by atoms with Crippen LogP contribution in [0.5, 0.6) is 0 Å². The quantitative estimate of drug-likeness (QED) is 0.782. The van der Waals surface area contributed by atoms with Crippen LogP contribution in [-0.2, 0) is 4.79 Å². The zero-order valence-electron chi connectivity index (χ0n) is 12.4. The van der Waals surface area contributed by atoms with Crippen molar-refractivity contribution >= 4 is 17.3 Å². The van der Waals surface area contributed by atoms with Crippen molar-refractivity contribution in [3.63, 3.8) is 0 Å². The number of amides is 1.